The number of halogens is 1. The standard InChI is InChI=1S/C9H11FS/c1-6-3-8(7(2)11)5-9(10)4-6/h3-5,7,11H,1-2H3. The highest BCUT2D eigenvalue weighted by molar-refractivity contribution is 7.80. The number of aryl methyl sites for hydroxylation is 1. The van der Waals surface area contributed by atoms with Crippen LogP contribution < -0.4 is 0 Å². The molecule has 0 saturated heterocycles. The van der Waals surface area contributed by atoms with Crippen molar-refractivity contribution in [3.8, 4) is 0 Å². The second kappa shape index (κ2) is 3.26. The van der Waals surface area contributed by atoms with Gasteiger partial charge in [-0.25, -0.2) is 4.39 Å². The lowest BCUT2D eigenvalue weighted by Gasteiger charge is -2.05. The molecule has 0 bridgehead atoms. The van der Waals surface area contributed by atoms with Gasteiger partial charge in [-0.1, -0.05) is 6.07 Å². The zero-order valence-corrected chi connectivity index (χ0v) is 7.53. The van der Waals surface area contributed by atoms with Gasteiger partial charge in [0.25, 0.3) is 0 Å². The Balaban J connectivity index is 3.08. The van der Waals surface area contributed by atoms with Gasteiger partial charge in [0.15, 0.2) is 0 Å². The summed E-state index contributed by atoms with van der Waals surface area (Å²) in [5, 5.41) is 0.101. The monoisotopic (exact) mass is 170 g/mol. The molecule has 1 unspecified atom stereocenters. The molecule has 0 amide bonds. The molecule has 11 heavy (non-hydrogen) atoms. The van der Waals surface area contributed by atoms with Crippen molar-refractivity contribution in [2.45, 2.75) is 19.1 Å². The predicted octanol–water partition coefficient (Wildman–Crippen LogP) is 3.12. The van der Waals surface area contributed by atoms with E-state index in [4.69, 9.17) is 0 Å². The molecule has 0 aliphatic rings. The van der Waals surface area contributed by atoms with E-state index in [-0.39, 0.29) is 11.1 Å². The topological polar surface area (TPSA) is 0 Å². The Bertz CT molecular complexity index is 235. The van der Waals surface area contributed by atoms with Crippen LogP contribution in [0.5, 0.6) is 0 Å². The van der Waals surface area contributed by atoms with Crippen LogP contribution in [-0.4, -0.2) is 0 Å². The van der Waals surface area contributed by atoms with Crippen LogP contribution in [0.1, 0.15) is 23.3 Å². The van der Waals surface area contributed by atoms with Gasteiger partial charge < -0.3 is 0 Å². The fourth-order valence-electron chi connectivity index (χ4n) is 1.01. The van der Waals surface area contributed by atoms with Crippen LogP contribution in [0.2, 0.25) is 0 Å². The molecule has 1 aromatic rings. The Morgan fingerprint density at radius 1 is 1.36 bits per heavy atom. The van der Waals surface area contributed by atoms with Gasteiger partial charge in [0.05, 0.1) is 0 Å². The van der Waals surface area contributed by atoms with E-state index in [9.17, 15) is 4.39 Å². The Morgan fingerprint density at radius 2 is 2.00 bits per heavy atom. The van der Waals surface area contributed by atoms with E-state index in [1.54, 1.807) is 0 Å². The van der Waals surface area contributed by atoms with Gasteiger partial charge in [0.2, 0.25) is 0 Å². The first kappa shape index (κ1) is 8.60. The Morgan fingerprint density at radius 3 is 2.45 bits per heavy atom. The lowest BCUT2D eigenvalue weighted by molar-refractivity contribution is 0.624. The molecule has 0 nitrogen and oxygen atoms in total. The minimum absolute atomic E-state index is 0.101. The Hall–Kier alpha value is -0.500. The van der Waals surface area contributed by atoms with Crippen LogP contribution in [0.15, 0.2) is 18.2 Å². The minimum atomic E-state index is -0.180. The zero-order valence-electron chi connectivity index (χ0n) is 6.63. The summed E-state index contributed by atoms with van der Waals surface area (Å²) in [5.41, 5.74) is 1.88. The Kier molecular flexibility index (Phi) is 2.55. The predicted molar refractivity (Wildman–Crippen MR) is 48.5 cm³/mol. The molecular formula is C9H11FS. The van der Waals surface area contributed by atoms with Crippen molar-refractivity contribution >= 4 is 12.6 Å². The maximum absolute atomic E-state index is 12.8. The third-order valence-electron chi connectivity index (χ3n) is 1.55. The summed E-state index contributed by atoms with van der Waals surface area (Å²) in [6.07, 6.45) is 0. The van der Waals surface area contributed by atoms with Gasteiger partial charge in [0, 0.05) is 5.25 Å². The van der Waals surface area contributed by atoms with E-state index in [1.807, 2.05) is 19.9 Å². The Labute approximate surface area is 71.8 Å². The summed E-state index contributed by atoms with van der Waals surface area (Å²) in [5.74, 6) is -0.180. The van der Waals surface area contributed by atoms with Crippen LogP contribution in [0.4, 0.5) is 4.39 Å². The van der Waals surface area contributed by atoms with Crippen LogP contribution in [0.25, 0.3) is 0 Å². The van der Waals surface area contributed by atoms with Crippen molar-refractivity contribution in [2.75, 3.05) is 0 Å². The molecule has 2 heteroatoms. The number of thiol groups is 1. The van der Waals surface area contributed by atoms with Gasteiger partial charge in [-0.3, -0.25) is 0 Å². The second-order valence-electron chi connectivity index (χ2n) is 2.74. The highest BCUT2D eigenvalue weighted by Gasteiger charge is 2.01. The van der Waals surface area contributed by atoms with E-state index in [0.29, 0.717) is 0 Å². The van der Waals surface area contributed by atoms with Crippen LogP contribution in [-0.2, 0) is 0 Å². The van der Waals surface area contributed by atoms with E-state index in [0.717, 1.165) is 11.1 Å². The van der Waals surface area contributed by atoms with Crippen molar-refractivity contribution in [3.05, 3.63) is 35.1 Å². The summed E-state index contributed by atoms with van der Waals surface area (Å²) < 4.78 is 12.8. The van der Waals surface area contributed by atoms with Crippen LogP contribution >= 0.6 is 12.6 Å². The summed E-state index contributed by atoms with van der Waals surface area (Å²) in [4.78, 5) is 0. The summed E-state index contributed by atoms with van der Waals surface area (Å²) >= 11 is 4.22. The number of hydrogen-bond acceptors (Lipinski definition) is 1. The molecule has 0 N–H and O–H groups in total. The van der Waals surface area contributed by atoms with Crippen molar-refractivity contribution in [2.24, 2.45) is 0 Å². The molecule has 0 aliphatic heterocycles. The van der Waals surface area contributed by atoms with Crippen molar-refractivity contribution in [1.29, 1.82) is 0 Å². The van der Waals surface area contributed by atoms with E-state index in [1.165, 1.54) is 12.1 Å². The highest BCUT2D eigenvalue weighted by Crippen LogP contribution is 2.20. The fraction of sp³-hybridized carbons (Fsp3) is 0.333. The van der Waals surface area contributed by atoms with Gasteiger partial charge in [0.1, 0.15) is 5.82 Å². The van der Waals surface area contributed by atoms with Gasteiger partial charge in [-0.05, 0) is 37.1 Å². The SMILES string of the molecule is Cc1cc(F)cc(C(C)S)c1. The number of benzene rings is 1. The van der Waals surface area contributed by atoms with Crippen molar-refractivity contribution in [1.82, 2.24) is 0 Å². The average molecular weight is 170 g/mol. The molecule has 60 valence electrons. The lowest BCUT2D eigenvalue weighted by Crippen LogP contribution is -1.87. The zero-order chi connectivity index (χ0) is 8.43. The van der Waals surface area contributed by atoms with Gasteiger partial charge >= 0.3 is 0 Å². The van der Waals surface area contributed by atoms with E-state index < -0.39 is 0 Å². The fourth-order valence-corrected chi connectivity index (χ4v) is 1.15. The molecule has 0 saturated carbocycles. The van der Waals surface area contributed by atoms with E-state index in [2.05, 4.69) is 12.6 Å². The second-order valence-corrected chi connectivity index (χ2v) is 3.51. The average Bonchev–Trinajstić information content (AvgIpc) is 1.85. The quantitative estimate of drug-likeness (QED) is 0.615. The normalized spacial score (nSPS) is 13.1. The molecule has 0 fully saturated rings. The third kappa shape index (κ3) is 2.22. The number of hydrogen-bond donors (Lipinski definition) is 1. The summed E-state index contributed by atoms with van der Waals surface area (Å²) in [7, 11) is 0. The minimum Gasteiger partial charge on any atom is -0.207 e. The van der Waals surface area contributed by atoms with Crippen LogP contribution in [0, 0.1) is 12.7 Å². The molecule has 0 radical (unpaired) electrons. The molecule has 0 aromatic heterocycles. The third-order valence-corrected chi connectivity index (χ3v) is 1.84. The number of rotatable bonds is 1. The first-order valence-electron chi connectivity index (χ1n) is 3.55. The van der Waals surface area contributed by atoms with Crippen molar-refractivity contribution in [3.63, 3.8) is 0 Å². The first-order valence-corrected chi connectivity index (χ1v) is 4.06. The lowest BCUT2D eigenvalue weighted by atomic mass is 10.1. The van der Waals surface area contributed by atoms with Gasteiger partial charge in [-0.15, -0.1) is 0 Å². The smallest absolute Gasteiger partial charge is 0.123 e. The molecule has 1 atom stereocenters. The molecule has 1 aromatic carbocycles. The maximum atomic E-state index is 12.8. The molecular weight excluding hydrogens is 159 g/mol. The van der Waals surface area contributed by atoms with E-state index >= 15 is 0 Å². The molecule has 1 rings (SSSR count). The molecule has 0 aliphatic carbocycles. The van der Waals surface area contributed by atoms with Crippen LogP contribution in [0.3, 0.4) is 0 Å². The van der Waals surface area contributed by atoms with Gasteiger partial charge in [-0.2, -0.15) is 12.6 Å². The molecule has 0 heterocycles. The largest absolute Gasteiger partial charge is 0.207 e. The maximum Gasteiger partial charge on any atom is 0.123 e. The van der Waals surface area contributed by atoms with Crippen molar-refractivity contribution < 1.29 is 4.39 Å². The highest BCUT2D eigenvalue weighted by atomic mass is 32.1. The molecule has 0 spiro atoms. The summed E-state index contributed by atoms with van der Waals surface area (Å²) in [6.45, 7) is 3.81. The summed E-state index contributed by atoms with van der Waals surface area (Å²) in [6, 6.07) is 4.98. The first-order chi connectivity index (χ1) is 5.09.